The van der Waals surface area contributed by atoms with Crippen LogP contribution in [-0.4, -0.2) is 38.5 Å². The molecule has 1 aromatic carbocycles. The van der Waals surface area contributed by atoms with Crippen LogP contribution in [0.5, 0.6) is 5.75 Å². The Morgan fingerprint density at radius 3 is 2.57 bits per heavy atom. The van der Waals surface area contributed by atoms with E-state index in [0.717, 1.165) is 43.9 Å². The molecule has 1 heterocycles. The fourth-order valence-corrected chi connectivity index (χ4v) is 4.33. The molecular formula is C16H24N2O4S. The SMILES string of the molecule is CNC1c2ccc(NS(C)(=O)=O)cc2OC2(CCCCC2)C1O. The second kappa shape index (κ2) is 5.96. The molecule has 2 aliphatic rings. The molecule has 1 spiro atoms. The van der Waals surface area contributed by atoms with E-state index in [-0.39, 0.29) is 6.04 Å². The summed E-state index contributed by atoms with van der Waals surface area (Å²) in [6.07, 6.45) is 5.36. The number of ether oxygens (including phenoxy) is 1. The molecule has 0 amide bonds. The Balaban J connectivity index is 2.00. The van der Waals surface area contributed by atoms with Gasteiger partial charge in [-0.15, -0.1) is 0 Å². The third-order valence-corrected chi connectivity index (χ3v) is 5.44. The average Bonchev–Trinajstić information content (AvgIpc) is 2.48. The molecule has 0 radical (unpaired) electrons. The summed E-state index contributed by atoms with van der Waals surface area (Å²) in [7, 11) is -1.52. The van der Waals surface area contributed by atoms with Crippen LogP contribution in [0.3, 0.4) is 0 Å². The Morgan fingerprint density at radius 2 is 1.96 bits per heavy atom. The third-order valence-electron chi connectivity index (χ3n) is 4.83. The van der Waals surface area contributed by atoms with E-state index in [0.29, 0.717) is 11.4 Å². The maximum Gasteiger partial charge on any atom is 0.229 e. The average molecular weight is 340 g/mol. The molecule has 23 heavy (non-hydrogen) atoms. The zero-order valence-corrected chi connectivity index (χ0v) is 14.3. The third kappa shape index (κ3) is 3.18. The zero-order valence-electron chi connectivity index (χ0n) is 13.5. The molecule has 1 saturated carbocycles. The van der Waals surface area contributed by atoms with Gasteiger partial charge in [-0.3, -0.25) is 4.72 Å². The Bertz CT molecular complexity index is 683. The quantitative estimate of drug-likeness (QED) is 0.781. The molecule has 1 fully saturated rings. The maximum absolute atomic E-state index is 11.4. The number of rotatable bonds is 3. The first-order valence-corrected chi connectivity index (χ1v) is 9.90. The standard InChI is InChI=1S/C16H24N2O4S/c1-17-14-12-7-6-11(18-23(2,20)21)10-13(12)22-16(15(14)19)8-4-3-5-9-16/h6-7,10,14-15,17-19H,3-5,8-9H2,1-2H3. The predicted octanol–water partition coefficient (Wildman–Crippen LogP) is 1.77. The van der Waals surface area contributed by atoms with Crippen LogP contribution in [0.1, 0.15) is 43.7 Å². The minimum atomic E-state index is -3.34. The van der Waals surface area contributed by atoms with Gasteiger partial charge in [-0.25, -0.2) is 8.42 Å². The van der Waals surface area contributed by atoms with E-state index in [4.69, 9.17) is 4.74 Å². The smallest absolute Gasteiger partial charge is 0.229 e. The van der Waals surface area contributed by atoms with E-state index in [1.54, 1.807) is 12.1 Å². The molecule has 0 bridgehead atoms. The van der Waals surface area contributed by atoms with E-state index in [2.05, 4.69) is 10.0 Å². The van der Waals surface area contributed by atoms with Crippen LogP contribution in [0.25, 0.3) is 0 Å². The van der Waals surface area contributed by atoms with Gasteiger partial charge in [0.15, 0.2) is 0 Å². The van der Waals surface area contributed by atoms with Crippen LogP contribution in [-0.2, 0) is 10.0 Å². The van der Waals surface area contributed by atoms with Gasteiger partial charge < -0.3 is 15.2 Å². The lowest BCUT2D eigenvalue weighted by molar-refractivity contribution is -0.106. The monoisotopic (exact) mass is 340 g/mol. The highest BCUT2D eigenvalue weighted by Gasteiger charge is 2.49. The van der Waals surface area contributed by atoms with Gasteiger partial charge in [0.2, 0.25) is 10.0 Å². The minimum Gasteiger partial charge on any atom is -0.484 e. The summed E-state index contributed by atoms with van der Waals surface area (Å²) in [5.41, 5.74) is 0.751. The Kier molecular flexibility index (Phi) is 4.29. The van der Waals surface area contributed by atoms with Gasteiger partial charge >= 0.3 is 0 Å². The number of fused-ring (bicyclic) bond motifs is 1. The van der Waals surface area contributed by atoms with Gasteiger partial charge in [0, 0.05) is 11.6 Å². The Labute approximate surface area is 137 Å². The van der Waals surface area contributed by atoms with Crippen molar-refractivity contribution in [2.24, 2.45) is 0 Å². The highest BCUT2D eigenvalue weighted by Crippen LogP contribution is 2.46. The summed E-state index contributed by atoms with van der Waals surface area (Å²) in [6, 6.07) is 4.99. The van der Waals surface area contributed by atoms with E-state index >= 15 is 0 Å². The molecule has 1 aromatic rings. The van der Waals surface area contributed by atoms with Gasteiger partial charge in [-0.2, -0.15) is 0 Å². The second-order valence-corrected chi connectivity index (χ2v) is 8.31. The molecule has 2 unspecified atom stereocenters. The first-order valence-electron chi connectivity index (χ1n) is 8.01. The first kappa shape index (κ1) is 16.5. The van der Waals surface area contributed by atoms with Crippen LogP contribution in [0, 0.1) is 0 Å². The Hall–Kier alpha value is -1.31. The van der Waals surface area contributed by atoms with E-state index < -0.39 is 21.7 Å². The van der Waals surface area contributed by atoms with Crippen LogP contribution in [0.4, 0.5) is 5.69 Å². The van der Waals surface area contributed by atoms with Gasteiger partial charge in [0.05, 0.1) is 18.0 Å². The van der Waals surface area contributed by atoms with Crippen LogP contribution in [0.15, 0.2) is 18.2 Å². The molecule has 128 valence electrons. The number of sulfonamides is 1. The minimum absolute atomic E-state index is 0.218. The van der Waals surface area contributed by atoms with Crippen molar-refractivity contribution in [1.29, 1.82) is 0 Å². The number of benzene rings is 1. The van der Waals surface area contributed by atoms with Crippen molar-refractivity contribution in [3.63, 3.8) is 0 Å². The zero-order chi connectivity index (χ0) is 16.7. The summed E-state index contributed by atoms with van der Waals surface area (Å²) in [4.78, 5) is 0. The molecule has 1 aliphatic carbocycles. The molecular weight excluding hydrogens is 316 g/mol. The molecule has 2 atom stereocenters. The van der Waals surface area contributed by atoms with Crippen molar-refractivity contribution in [3.05, 3.63) is 23.8 Å². The van der Waals surface area contributed by atoms with Gasteiger partial charge in [0.1, 0.15) is 17.5 Å². The van der Waals surface area contributed by atoms with E-state index in [1.807, 2.05) is 13.1 Å². The topological polar surface area (TPSA) is 87.7 Å². The largest absolute Gasteiger partial charge is 0.484 e. The normalized spacial score (nSPS) is 26.4. The summed E-state index contributed by atoms with van der Waals surface area (Å²) in [5.74, 6) is 0.644. The molecule has 7 heteroatoms. The number of hydrogen-bond donors (Lipinski definition) is 3. The molecule has 6 nitrogen and oxygen atoms in total. The summed E-state index contributed by atoms with van der Waals surface area (Å²) < 4.78 is 31.6. The Morgan fingerprint density at radius 1 is 1.26 bits per heavy atom. The van der Waals surface area contributed by atoms with Crippen molar-refractivity contribution in [3.8, 4) is 5.75 Å². The van der Waals surface area contributed by atoms with Crippen molar-refractivity contribution < 1.29 is 18.3 Å². The predicted molar refractivity (Wildman–Crippen MR) is 89.2 cm³/mol. The lowest BCUT2D eigenvalue weighted by atomic mass is 9.75. The second-order valence-electron chi connectivity index (χ2n) is 6.57. The molecule has 0 saturated heterocycles. The molecule has 1 aliphatic heterocycles. The van der Waals surface area contributed by atoms with E-state index in [1.165, 1.54) is 0 Å². The number of nitrogens with one attached hydrogen (secondary N) is 2. The van der Waals surface area contributed by atoms with Gasteiger partial charge in [0.25, 0.3) is 0 Å². The van der Waals surface area contributed by atoms with E-state index in [9.17, 15) is 13.5 Å². The number of anilines is 1. The number of aliphatic hydroxyl groups excluding tert-OH is 1. The van der Waals surface area contributed by atoms with Crippen molar-refractivity contribution >= 4 is 15.7 Å². The summed E-state index contributed by atoms with van der Waals surface area (Å²) in [6.45, 7) is 0. The lowest BCUT2D eigenvalue weighted by Gasteiger charge is -2.48. The van der Waals surface area contributed by atoms with Crippen molar-refractivity contribution in [1.82, 2.24) is 5.32 Å². The number of likely N-dealkylation sites (N-methyl/N-ethyl adjacent to an activating group) is 1. The highest BCUT2D eigenvalue weighted by atomic mass is 32.2. The highest BCUT2D eigenvalue weighted by molar-refractivity contribution is 7.92. The molecule has 3 N–H and O–H groups in total. The fraction of sp³-hybridized carbons (Fsp3) is 0.625. The van der Waals surface area contributed by atoms with Gasteiger partial charge in [-0.1, -0.05) is 12.5 Å². The van der Waals surface area contributed by atoms with Crippen molar-refractivity contribution in [2.45, 2.75) is 49.9 Å². The van der Waals surface area contributed by atoms with Gasteiger partial charge in [-0.05, 0) is 38.8 Å². The summed E-state index contributed by atoms with van der Waals surface area (Å²) in [5, 5.41) is 14.0. The molecule has 0 aromatic heterocycles. The molecule has 3 rings (SSSR count). The van der Waals surface area contributed by atoms with Crippen LogP contribution >= 0.6 is 0 Å². The number of aliphatic hydroxyl groups is 1. The fourth-order valence-electron chi connectivity index (χ4n) is 3.77. The first-order chi connectivity index (χ1) is 10.8. The number of hydrogen-bond acceptors (Lipinski definition) is 5. The lowest BCUT2D eigenvalue weighted by Crippen LogP contribution is -2.56. The van der Waals surface area contributed by atoms with Crippen molar-refractivity contribution in [2.75, 3.05) is 18.0 Å². The maximum atomic E-state index is 11.4. The van der Waals surface area contributed by atoms with Crippen LogP contribution in [0.2, 0.25) is 0 Å². The summed E-state index contributed by atoms with van der Waals surface area (Å²) >= 11 is 0. The van der Waals surface area contributed by atoms with Crippen LogP contribution < -0.4 is 14.8 Å².